The van der Waals surface area contributed by atoms with Gasteiger partial charge < -0.3 is 10.4 Å². The molecule has 134 valence electrons. The quantitative estimate of drug-likeness (QED) is 0.544. The van der Waals surface area contributed by atoms with E-state index in [4.69, 9.17) is 0 Å². The number of carboxylic acids is 1. The van der Waals surface area contributed by atoms with Crippen LogP contribution in [0.4, 0.5) is 5.95 Å². The lowest BCUT2D eigenvalue weighted by Crippen LogP contribution is -2.13. The van der Waals surface area contributed by atoms with E-state index in [2.05, 4.69) is 25.3 Å². The second-order valence-corrected chi connectivity index (χ2v) is 5.88. The third-order valence-electron chi connectivity index (χ3n) is 4.08. The SMILES string of the molecule is O=C(O)c1cc(-n2cnc3ccccc32)nc(NCCc2ccncc2)n1. The number of hydrogen-bond donors (Lipinski definition) is 2. The molecule has 0 unspecified atom stereocenters. The van der Waals surface area contributed by atoms with Crippen LogP contribution in [0.1, 0.15) is 16.1 Å². The Bertz CT molecular complexity index is 1090. The molecule has 27 heavy (non-hydrogen) atoms. The molecule has 3 aromatic heterocycles. The van der Waals surface area contributed by atoms with Crippen LogP contribution in [0.2, 0.25) is 0 Å². The van der Waals surface area contributed by atoms with Gasteiger partial charge in [0.05, 0.1) is 11.0 Å². The minimum atomic E-state index is -1.11. The summed E-state index contributed by atoms with van der Waals surface area (Å²) in [4.78, 5) is 28.4. The van der Waals surface area contributed by atoms with Gasteiger partial charge in [-0.15, -0.1) is 0 Å². The van der Waals surface area contributed by atoms with Crippen molar-refractivity contribution in [1.82, 2.24) is 24.5 Å². The molecule has 3 heterocycles. The maximum atomic E-state index is 11.5. The molecule has 0 aliphatic carbocycles. The van der Waals surface area contributed by atoms with Crippen LogP contribution in [-0.4, -0.2) is 42.1 Å². The van der Waals surface area contributed by atoms with Gasteiger partial charge in [-0.1, -0.05) is 12.1 Å². The first kappa shape index (κ1) is 16.6. The van der Waals surface area contributed by atoms with E-state index in [1.54, 1.807) is 23.3 Å². The summed E-state index contributed by atoms with van der Waals surface area (Å²) in [5.41, 5.74) is 2.69. The number of carbonyl (C=O) groups is 1. The van der Waals surface area contributed by atoms with E-state index in [0.29, 0.717) is 12.4 Å². The highest BCUT2D eigenvalue weighted by atomic mass is 16.4. The van der Waals surface area contributed by atoms with Gasteiger partial charge in [0.2, 0.25) is 5.95 Å². The van der Waals surface area contributed by atoms with E-state index in [9.17, 15) is 9.90 Å². The number of benzene rings is 1. The van der Waals surface area contributed by atoms with Crippen LogP contribution in [-0.2, 0) is 6.42 Å². The first-order valence-corrected chi connectivity index (χ1v) is 8.38. The number of aromatic nitrogens is 5. The van der Waals surface area contributed by atoms with Crippen molar-refractivity contribution < 1.29 is 9.90 Å². The Morgan fingerprint density at radius 3 is 2.74 bits per heavy atom. The molecular formula is C19H16N6O2. The van der Waals surface area contributed by atoms with Crippen LogP contribution in [0, 0.1) is 0 Å². The average Bonchev–Trinajstić information content (AvgIpc) is 3.13. The lowest BCUT2D eigenvalue weighted by Gasteiger charge is -2.09. The molecular weight excluding hydrogens is 344 g/mol. The van der Waals surface area contributed by atoms with Crippen molar-refractivity contribution in [3.63, 3.8) is 0 Å². The molecule has 2 N–H and O–H groups in total. The third-order valence-corrected chi connectivity index (χ3v) is 4.08. The highest BCUT2D eigenvalue weighted by Gasteiger charge is 2.13. The highest BCUT2D eigenvalue weighted by molar-refractivity contribution is 5.86. The summed E-state index contributed by atoms with van der Waals surface area (Å²) in [7, 11) is 0. The van der Waals surface area contributed by atoms with Gasteiger partial charge in [0.15, 0.2) is 5.69 Å². The smallest absolute Gasteiger partial charge is 0.354 e. The number of anilines is 1. The fourth-order valence-electron chi connectivity index (χ4n) is 2.76. The fraction of sp³-hybridized carbons (Fsp3) is 0.105. The predicted molar refractivity (Wildman–Crippen MR) is 100 cm³/mol. The Labute approximate surface area is 154 Å². The second-order valence-electron chi connectivity index (χ2n) is 5.88. The zero-order chi connectivity index (χ0) is 18.6. The molecule has 0 radical (unpaired) electrons. The number of imidazole rings is 1. The van der Waals surface area contributed by atoms with E-state index >= 15 is 0 Å². The van der Waals surface area contributed by atoms with Crippen LogP contribution in [0.5, 0.6) is 0 Å². The Kier molecular flexibility index (Phi) is 4.44. The summed E-state index contributed by atoms with van der Waals surface area (Å²) in [6.45, 7) is 0.567. The summed E-state index contributed by atoms with van der Waals surface area (Å²) < 4.78 is 1.75. The fourth-order valence-corrected chi connectivity index (χ4v) is 2.76. The molecule has 0 aliphatic heterocycles. The minimum Gasteiger partial charge on any atom is -0.477 e. The molecule has 0 fully saturated rings. The van der Waals surface area contributed by atoms with E-state index in [0.717, 1.165) is 23.0 Å². The Morgan fingerprint density at radius 2 is 1.93 bits per heavy atom. The average molecular weight is 360 g/mol. The molecule has 4 aromatic rings. The summed E-state index contributed by atoms with van der Waals surface area (Å²) >= 11 is 0. The Morgan fingerprint density at radius 1 is 1.11 bits per heavy atom. The highest BCUT2D eigenvalue weighted by Crippen LogP contribution is 2.18. The summed E-state index contributed by atoms with van der Waals surface area (Å²) in [6.07, 6.45) is 5.84. The maximum absolute atomic E-state index is 11.5. The van der Waals surface area contributed by atoms with Gasteiger partial charge in [0.1, 0.15) is 12.1 Å². The number of nitrogens with zero attached hydrogens (tertiary/aromatic N) is 5. The van der Waals surface area contributed by atoms with E-state index in [1.165, 1.54) is 6.07 Å². The van der Waals surface area contributed by atoms with Crippen molar-refractivity contribution in [2.24, 2.45) is 0 Å². The number of aromatic carboxylic acids is 1. The summed E-state index contributed by atoms with van der Waals surface area (Å²) in [5, 5.41) is 12.5. The molecule has 8 nitrogen and oxygen atoms in total. The molecule has 0 atom stereocenters. The van der Waals surface area contributed by atoms with Crippen LogP contribution in [0.15, 0.2) is 61.2 Å². The van der Waals surface area contributed by atoms with Crippen LogP contribution in [0.3, 0.4) is 0 Å². The number of para-hydroxylation sites is 2. The molecule has 0 bridgehead atoms. The van der Waals surface area contributed by atoms with Gasteiger partial charge >= 0.3 is 5.97 Å². The topological polar surface area (TPSA) is 106 Å². The molecule has 1 aromatic carbocycles. The Hall–Kier alpha value is -3.81. The van der Waals surface area contributed by atoms with Crippen molar-refractivity contribution in [2.45, 2.75) is 6.42 Å². The van der Waals surface area contributed by atoms with Crippen LogP contribution >= 0.6 is 0 Å². The number of pyridine rings is 1. The van der Waals surface area contributed by atoms with E-state index in [-0.39, 0.29) is 11.6 Å². The number of rotatable bonds is 6. The van der Waals surface area contributed by atoms with E-state index < -0.39 is 5.97 Å². The van der Waals surface area contributed by atoms with Gasteiger partial charge in [-0.2, -0.15) is 4.98 Å². The van der Waals surface area contributed by atoms with Crippen molar-refractivity contribution in [2.75, 3.05) is 11.9 Å². The van der Waals surface area contributed by atoms with Gasteiger partial charge in [-0.25, -0.2) is 14.8 Å². The third kappa shape index (κ3) is 3.59. The largest absolute Gasteiger partial charge is 0.477 e. The molecule has 8 heteroatoms. The van der Waals surface area contributed by atoms with Gasteiger partial charge in [0.25, 0.3) is 0 Å². The van der Waals surface area contributed by atoms with Crippen LogP contribution in [0.25, 0.3) is 16.9 Å². The monoisotopic (exact) mass is 360 g/mol. The molecule has 0 spiro atoms. The van der Waals surface area contributed by atoms with Crippen molar-refractivity contribution in [3.05, 3.63) is 72.4 Å². The second kappa shape index (κ2) is 7.20. The lowest BCUT2D eigenvalue weighted by atomic mass is 10.2. The standard InChI is InChI=1S/C19H16N6O2/c26-18(27)15-11-17(25-12-22-14-3-1-2-4-16(14)25)24-19(23-15)21-10-7-13-5-8-20-9-6-13/h1-6,8-9,11-12H,7,10H2,(H,26,27)(H,21,23,24). The summed E-state index contributed by atoms with van der Waals surface area (Å²) in [5.74, 6) is -0.403. The zero-order valence-corrected chi connectivity index (χ0v) is 14.3. The first-order valence-electron chi connectivity index (χ1n) is 8.38. The molecule has 0 aliphatic rings. The Balaban J connectivity index is 1.63. The van der Waals surface area contributed by atoms with Crippen LogP contribution < -0.4 is 5.32 Å². The lowest BCUT2D eigenvalue weighted by molar-refractivity contribution is 0.0690. The molecule has 0 amide bonds. The van der Waals surface area contributed by atoms with E-state index in [1.807, 2.05) is 36.4 Å². The minimum absolute atomic E-state index is 0.0795. The normalized spacial score (nSPS) is 10.8. The predicted octanol–water partition coefficient (Wildman–Crippen LogP) is 2.56. The van der Waals surface area contributed by atoms with Gasteiger partial charge in [0, 0.05) is 25.0 Å². The van der Waals surface area contributed by atoms with Gasteiger partial charge in [-0.3, -0.25) is 9.55 Å². The van der Waals surface area contributed by atoms with Crippen molar-refractivity contribution in [1.29, 1.82) is 0 Å². The van der Waals surface area contributed by atoms with Crippen molar-refractivity contribution in [3.8, 4) is 5.82 Å². The van der Waals surface area contributed by atoms with Crippen molar-refractivity contribution >= 4 is 23.0 Å². The first-order chi connectivity index (χ1) is 13.2. The summed E-state index contributed by atoms with van der Waals surface area (Å²) in [6, 6.07) is 12.9. The molecule has 0 saturated heterocycles. The zero-order valence-electron chi connectivity index (χ0n) is 14.3. The number of nitrogens with one attached hydrogen (secondary N) is 1. The van der Waals surface area contributed by atoms with Gasteiger partial charge in [-0.05, 0) is 36.2 Å². The molecule has 0 saturated carbocycles. The molecule has 4 rings (SSSR count). The number of hydrogen-bond acceptors (Lipinski definition) is 6. The number of fused-ring (bicyclic) bond motifs is 1. The maximum Gasteiger partial charge on any atom is 0.354 e. The number of carboxylic acid groups (broad SMARTS) is 1.